The number of non-ortho nitro benzene ring substituents is 1. The number of hydrogen-bond acceptors (Lipinski definition) is 7. The Morgan fingerprint density at radius 3 is 2.72 bits per heavy atom. The van der Waals surface area contributed by atoms with E-state index in [9.17, 15) is 14.9 Å². The van der Waals surface area contributed by atoms with Crippen molar-refractivity contribution in [2.24, 2.45) is 10.2 Å². The first kappa shape index (κ1) is 15.0. The minimum atomic E-state index is -0.453. The molecule has 2 aliphatic heterocycles. The van der Waals surface area contributed by atoms with Gasteiger partial charge < -0.3 is 9.47 Å². The van der Waals surface area contributed by atoms with Crippen LogP contribution < -0.4 is 9.47 Å². The van der Waals surface area contributed by atoms with Crippen LogP contribution in [0, 0.1) is 10.1 Å². The summed E-state index contributed by atoms with van der Waals surface area (Å²) in [6.45, 7) is 0.0873. The lowest BCUT2D eigenvalue weighted by Gasteiger charge is -2.13. The van der Waals surface area contributed by atoms with Crippen molar-refractivity contribution < 1.29 is 19.2 Å². The van der Waals surface area contributed by atoms with Crippen molar-refractivity contribution in [3.05, 3.63) is 51.6 Å². The van der Waals surface area contributed by atoms with E-state index in [2.05, 4.69) is 10.2 Å². The molecule has 2 aliphatic rings. The molecule has 0 amide bonds. The molecule has 0 bridgehead atoms. The van der Waals surface area contributed by atoms with E-state index in [1.165, 1.54) is 12.1 Å². The predicted molar refractivity (Wildman–Crippen MR) is 89.5 cm³/mol. The van der Waals surface area contributed by atoms with Crippen molar-refractivity contribution in [3.63, 3.8) is 0 Å². The van der Waals surface area contributed by atoms with Crippen molar-refractivity contribution in [2.45, 2.75) is 6.42 Å². The van der Waals surface area contributed by atoms with Gasteiger partial charge in [-0.15, -0.1) is 0 Å². The summed E-state index contributed by atoms with van der Waals surface area (Å²) in [6.07, 6.45) is 2.54. The average Bonchev–Trinajstić information content (AvgIpc) is 2.98. The summed E-state index contributed by atoms with van der Waals surface area (Å²) < 4.78 is 11.1. The molecule has 2 aromatic rings. The molecule has 8 heteroatoms. The molecule has 2 heterocycles. The lowest BCUT2D eigenvalue weighted by molar-refractivity contribution is -0.384. The fraction of sp³-hybridized carbons (Fsp3) is 0.118. The van der Waals surface area contributed by atoms with Gasteiger partial charge in [-0.05, 0) is 29.3 Å². The summed E-state index contributed by atoms with van der Waals surface area (Å²) in [4.78, 5) is 21.5. The molecule has 0 radical (unpaired) electrons. The Hall–Kier alpha value is -3.55. The summed E-state index contributed by atoms with van der Waals surface area (Å²) in [5.74, 6) is 1.11. The lowest BCUT2D eigenvalue weighted by atomic mass is 9.92. The van der Waals surface area contributed by atoms with Crippen LogP contribution in [-0.4, -0.2) is 29.9 Å². The number of ether oxygens (including phenoxy) is 2. The topological polar surface area (TPSA) is 103 Å². The van der Waals surface area contributed by atoms with Crippen LogP contribution in [0.5, 0.6) is 11.5 Å². The van der Waals surface area contributed by atoms with Gasteiger partial charge in [0.2, 0.25) is 6.79 Å². The SMILES string of the molecule is O=CC1=NN=Cc2c(cc3c(c2-c2ccc([N+](=O)[O-])cc2)OCO3)C1. The second kappa shape index (κ2) is 5.82. The maximum absolute atomic E-state index is 11.1. The van der Waals surface area contributed by atoms with Crippen LogP contribution in [0.1, 0.15) is 11.1 Å². The van der Waals surface area contributed by atoms with Gasteiger partial charge in [-0.2, -0.15) is 10.2 Å². The van der Waals surface area contributed by atoms with Crippen LogP contribution in [0.15, 0.2) is 40.5 Å². The molecule has 0 N–H and O–H groups in total. The normalized spacial score (nSPS) is 14.5. The van der Waals surface area contributed by atoms with Crippen LogP contribution >= 0.6 is 0 Å². The number of nitro groups is 1. The molecule has 0 saturated heterocycles. The zero-order valence-electron chi connectivity index (χ0n) is 12.8. The second-order valence-electron chi connectivity index (χ2n) is 5.49. The van der Waals surface area contributed by atoms with E-state index in [1.807, 2.05) is 6.07 Å². The first-order valence-electron chi connectivity index (χ1n) is 7.43. The molecule has 0 spiro atoms. The molecular formula is C17H11N3O5. The second-order valence-corrected chi connectivity index (χ2v) is 5.49. The monoisotopic (exact) mass is 337 g/mol. The van der Waals surface area contributed by atoms with Crippen LogP contribution in [0.2, 0.25) is 0 Å². The fourth-order valence-corrected chi connectivity index (χ4v) is 2.90. The maximum atomic E-state index is 11.1. The van der Waals surface area contributed by atoms with Crippen molar-refractivity contribution in [1.82, 2.24) is 0 Å². The van der Waals surface area contributed by atoms with Crippen LogP contribution in [0.4, 0.5) is 5.69 Å². The minimum Gasteiger partial charge on any atom is -0.454 e. The molecule has 0 unspecified atom stereocenters. The number of benzene rings is 2. The largest absolute Gasteiger partial charge is 0.454 e. The van der Waals surface area contributed by atoms with E-state index in [4.69, 9.17) is 9.47 Å². The predicted octanol–water partition coefficient (Wildman–Crippen LogP) is 2.52. The molecule has 124 valence electrons. The number of hydrogen-bond donors (Lipinski definition) is 0. The van der Waals surface area contributed by atoms with E-state index in [0.717, 1.165) is 16.7 Å². The molecule has 8 nitrogen and oxygen atoms in total. The van der Waals surface area contributed by atoms with Crippen molar-refractivity contribution in [3.8, 4) is 22.6 Å². The Labute approximate surface area is 141 Å². The zero-order chi connectivity index (χ0) is 17.4. The van der Waals surface area contributed by atoms with Gasteiger partial charge in [0, 0.05) is 29.7 Å². The molecule has 0 fully saturated rings. The van der Waals surface area contributed by atoms with Gasteiger partial charge >= 0.3 is 0 Å². The summed E-state index contributed by atoms with van der Waals surface area (Å²) in [5.41, 5.74) is 3.32. The van der Waals surface area contributed by atoms with Crippen LogP contribution in [0.3, 0.4) is 0 Å². The number of nitro benzene ring substituents is 1. The molecule has 4 rings (SSSR count). The quantitative estimate of drug-likeness (QED) is 0.486. The minimum absolute atomic E-state index is 0.000161. The van der Waals surface area contributed by atoms with Gasteiger partial charge in [-0.1, -0.05) is 0 Å². The molecule has 0 saturated carbocycles. The Morgan fingerprint density at radius 2 is 2.00 bits per heavy atom. The maximum Gasteiger partial charge on any atom is 0.269 e. The van der Waals surface area contributed by atoms with Gasteiger partial charge in [0.1, 0.15) is 5.71 Å². The molecule has 2 aromatic carbocycles. The number of fused-ring (bicyclic) bond motifs is 2. The smallest absolute Gasteiger partial charge is 0.269 e. The Morgan fingerprint density at radius 1 is 1.20 bits per heavy atom. The highest BCUT2D eigenvalue weighted by molar-refractivity contribution is 6.29. The van der Waals surface area contributed by atoms with Crippen molar-refractivity contribution in [2.75, 3.05) is 6.79 Å². The highest BCUT2D eigenvalue weighted by atomic mass is 16.7. The van der Waals surface area contributed by atoms with E-state index >= 15 is 0 Å². The van der Waals surface area contributed by atoms with E-state index < -0.39 is 4.92 Å². The lowest BCUT2D eigenvalue weighted by Crippen LogP contribution is -2.05. The summed E-state index contributed by atoms with van der Waals surface area (Å²) in [7, 11) is 0. The Kier molecular flexibility index (Phi) is 3.50. The van der Waals surface area contributed by atoms with Crippen LogP contribution in [-0.2, 0) is 11.2 Å². The third-order valence-corrected chi connectivity index (χ3v) is 4.04. The first-order valence-corrected chi connectivity index (χ1v) is 7.43. The molecule has 0 aromatic heterocycles. The average molecular weight is 337 g/mol. The number of rotatable bonds is 3. The zero-order valence-corrected chi connectivity index (χ0v) is 12.8. The van der Waals surface area contributed by atoms with Crippen LogP contribution in [0.25, 0.3) is 11.1 Å². The van der Waals surface area contributed by atoms with Gasteiger partial charge in [0.05, 0.1) is 11.1 Å². The van der Waals surface area contributed by atoms with Gasteiger partial charge in [0.15, 0.2) is 17.8 Å². The Balaban J connectivity index is 1.91. The molecular weight excluding hydrogens is 326 g/mol. The van der Waals surface area contributed by atoms with Gasteiger partial charge in [-0.3, -0.25) is 14.9 Å². The third kappa shape index (κ3) is 2.53. The van der Waals surface area contributed by atoms with E-state index in [0.29, 0.717) is 35.5 Å². The summed E-state index contributed by atoms with van der Waals surface area (Å²) >= 11 is 0. The van der Waals surface area contributed by atoms with Crippen molar-refractivity contribution in [1.29, 1.82) is 0 Å². The van der Waals surface area contributed by atoms with Gasteiger partial charge in [-0.25, -0.2) is 0 Å². The third-order valence-electron chi connectivity index (χ3n) is 4.04. The Bertz CT molecular complexity index is 948. The number of carbonyl (C=O) groups excluding carboxylic acids is 1. The number of carbonyl (C=O) groups is 1. The summed E-state index contributed by atoms with van der Waals surface area (Å²) in [6, 6.07) is 7.96. The highest BCUT2D eigenvalue weighted by Crippen LogP contribution is 2.45. The molecule has 0 aliphatic carbocycles. The molecule has 25 heavy (non-hydrogen) atoms. The molecule has 0 atom stereocenters. The number of nitrogens with zero attached hydrogens (tertiary/aromatic N) is 3. The van der Waals surface area contributed by atoms with E-state index in [1.54, 1.807) is 18.3 Å². The van der Waals surface area contributed by atoms with Gasteiger partial charge in [0.25, 0.3) is 5.69 Å². The number of aldehydes is 1. The van der Waals surface area contributed by atoms with E-state index in [-0.39, 0.29) is 12.5 Å². The fourth-order valence-electron chi connectivity index (χ4n) is 2.90. The highest BCUT2D eigenvalue weighted by Gasteiger charge is 2.26. The summed E-state index contributed by atoms with van der Waals surface area (Å²) in [5, 5.41) is 18.7. The standard InChI is InChI=1S/C17H11N3O5/c21-8-12-5-11-6-15-17(25-9-24-15)16(14(11)7-18-19-12)10-1-3-13(4-2-10)20(22)23/h1-4,6-8H,5,9H2. The van der Waals surface area contributed by atoms with Crippen molar-refractivity contribution >= 4 is 23.9 Å². The first-order chi connectivity index (χ1) is 12.2.